The number of hydrogen-bond donors (Lipinski definition) is 1. The molecular weight excluding hydrogens is 263 g/mol. The summed E-state index contributed by atoms with van der Waals surface area (Å²) in [7, 11) is -1.73. The Morgan fingerprint density at radius 1 is 1.16 bits per heavy atom. The monoisotopic (exact) mass is 282 g/mol. The zero-order chi connectivity index (χ0) is 14.4. The lowest BCUT2D eigenvalue weighted by atomic mass is 9.79. The summed E-state index contributed by atoms with van der Waals surface area (Å²) in [5, 5.41) is 9.88. The van der Waals surface area contributed by atoms with Gasteiger partial charge < -0.3 is 14.4 Å². The summed E-state index contributed by atoms with van der Waals surface area (Å²) in [6.07, 6.45) is 1.53. The third-order valence-electron chi connectivity index (χ3n) is 3.82. The van der Waals surface area contributed by atoms with E-state index < -0.39 is 29.1 Å². The molecule has 0 aromatic heterocycles. The van der Waals surface area contributed by atoms with E-state index in [0.29, 0.717) is 4.90 Å². The van der Waals surface area contributed by atoms with E-state index in [4.69, 9.17) is 9.31 Å². The molecule has 19 heavy (non-hydrogen) atoms. The second-order valence-corrected chi connectivity index (χ2v) is 7.12. The van der Waals surface area contributed by atoms with E-state index in [1.807, 2.05) is 27.7 Å². The first-order valence-electron chi connectivity index (χ1n) is 6.16. The van der Waals surface area contributed by atoms with Gasteiger partial charge in [-0.25, -0.2) is 0 Å². The minimum atomic E-state index is -1.21. The molecule has 104 valence electrons. The topological polar surface area (TPSA) is 55.8 Å². The van der Waals surface area contributed by atoms with Gasteiger partial charge in [0, 0.05) is 6.26 Å². The van der Waals surface area contributed by atoms with Crippen molar-refractivity contribution in [3.8, 4) is 5.75 Å². The van der Waals surface area contributed by atoms with E-state index in [1.165, 1.54) is 6.26 Å². The van der Waals surface area contributed by atoms with Gasteiger partial charge in [-0.2, -0.15) is 0 Å². The van der Waals surface area contributed by atoms with Crippen LogP contribution in [0.15, 0.2) is 23.1 Å². The number of rotatable bonds is 2. The fourth-order valence-corrected chi connectivity index (χ4v) is 2.52. The molecule has 1 heterocycles. The number of phenolic OH excluding ortho intramolecular Hbond substituents is 1. The highest BCUT2D eigenvalue weighted by atomic mass is 32.2. The standard InChI is InChI=1S/C13H19BO4S/c1-12(2)13(3,4)18-14(17-12)9-6-7-11(19(5)16)10(15)8-9/h6-8,15H,1-5H3. The van der Waals surface area contributed by atoms with Crippen molar-refractivity contribution in [1.29, 1.82) is 0 Å². The Morgan fingerprint density at radius 2 is 1.68 bits per heavy atom. The van der Waals surface area contributed by atoms with Crippen LogP contribution in [0.2, 0.25) is 0 Å². The van der Waals surface area contributed by atoms with Crippen molar-refractivity contribution in [3.05, 3.63) is 18.2 Å². The van der Waals surface area contributed by atoms with Crippen LogP contribution in [-0.2, 0) is 20.1 Å². The largest absolute Gasteiger partial charge is 0.507 e. The highest BCUT2D eigenvalue weighted by molar-refractivity contribution is 7.84. The third-order valence-corrected chi connectivity index (χ3v) is 4.78. The number of aromatic hydroxyl groups is 1. The molecule has 1 atom stereocenters. The van der Waals surface area contributed by atoms with Crippen LogP contribution < -0.4 is 5.46 Å². The molecule has 1 aromatic carbocycles. The van der Waals surface area contributed by atoms with Gasteiger partial charge in [-0.05, 0) is 45.3 Å². The number of hydrogen-bond acceptors (Lipinski definition) is 4. The van der Waals surface area contributed by atoms with E-state index in [0.717, 1.165) is 5.46 Å². The summed E-state index contributed by atoms with van der Waals surface area (Å²) in [4.78, 5) is 0.417. The average Bonchev–Trinajstić information content (AvgIpc) is 2.47. The van der Waals surface area contributed by atoms with E-state index in [1.54, 1.807) is 18.2 Å². The third kappa shape index (κ3) is 2.57. The van der Waals surface area contributed by atoms with Gasteiger partial charge >= 0.3 is 7.12 Å². The summed E-state index contributed by atoms with van der Waals surface area (Å²) in [6.45, 7) is 7.90. The zero-order valence-corrected chi connectivity index (χ0v) is 12.7. The minimum Gasteiger partial charge on any atom is -0.507 e. The maximum absolute atomic E-state index is 11.4. The van der Waals surface area contributed by atoms with E-state index in [2.05, 4.69) is 0 Å². The minimum absolute atomic E-state index is 0.00745. The lowest BCUT2D eigenvalue weighted by molar-refractivity contribution is 0.00578. The number of benzene rings is 1. The molecule has 0 spiro atoms. The smallest absolute Gasteiger partial charge is 0.494 e. The first-order valence-corrected chi connectivity index (χ1v) is 7.72. The second-order valence-electron chi connectivity index (χ2n) is 5.77. The van der Waals surface area contributed by atoms with Gasteiger partial charge in [0.05, 0.1) is 26.9 Å². The van der Waals surface area contributed by atoms with Crippen LogP contribution in [0, 0.1) is 0 Å². The van der Waals surface area contributed by atoms with Crippen LogP contribution in [-0.4, -0.2) is 33.9 Å². The molecule has 1 fully saturated rings. The maximum Gasteiger partial charge on any atom is 0.494 e. The van der Waals surface area contributed by atoms with Crippen LogP contribution in [0.3, 0.4) is 0 Å². The van der Waals surface area contributed by atoms with Crippen molar-refractivity contribution in [1.82, 2.24) is 0 Å². The molecule has 1 aromatic rings. The van der Waals surface area contributed by atoms with Gasteiger partial charge in [-0.3, -0.25) is 4.21 Å². The molecule has 6 heteroatoms. The van der Waals surface area contributed by atoms with Gasteiger partial charge in [0.25, 0.3) is 0 Å². The Labute approximate surface area is 116 Å². The van der Waals surface area contributed by atoms with Crippen molar-refractivity contribution in [2.24, 2.45) is 0 Å². The van der Waals surface area contributed by atoms with Crippen molar-refractivity contribution < 1.29 is 18.6 Å². The van der Waals surface area contributed by atoms with Crippen LogP contribution in [0.4, 0.5) is 0 Å². The summed E-state index contributed by atoms with van der Waals surface area (Å²) in [5.74, 6) is 0.00745. The molecule has 0 aliphatic carbocycles. The quantitative estimate of drug-likeness (QED) is 0.834. The molecule has 0 radical (unpaired) electrons. The van der Waals surface area contributed by atoms with E-state index >= 15 is 0 Å². The molecular formula is C13H19BO4S. The van der Waals surface area contributed by atoms with Gasteiger partial charge in [-0.1, -0.05) is 6.07 Å². The summed E-state index contributed by atoms with van der Waals surface area (Å²) >= 11 is 0. The Balaban J connectivity index is 2.31. The molecule has 1 N–H and O–H groups in total. The predicted octanol–water partition coefficient (Wildman–Crippen LogP) is 1.43. The highest BCUT2D eigenvalue weighted by Crippen LogP contribution is 2.36. The van der Waals surface area contributed by atoms with Crippen LogP contribution in [0.5, 0.6) is 5.75 Å². The normalized spacial score (nSPS) is 22.5. The lowest BCUT2D eigenvalue weighted by Gasteiger charge is -2.32. The summed E-state index contributed by atoms with van der Waals surface area (Å²) in [5.41, 5.74) is -0.107. The van der Waals surface area contributed by atoms with Crippen molar-refractivity contribution in [2.45, 2.75) is 43.8 Å². The summed E-state index contributed by atoms with van der Waals surface area (Å²) < 4.78 is 23.2. The molecule has 1 aliphatic heterocycles. The molecule has 1 saturated heterocycles. The van der Waals surface area contributed by atoms with E-state index in [9.17, 15) is 9.32 Å². The molecule has 0 amide bonds. The predicted molar refractivity (Wildman–Crippen MR) is 76.2 cm³/mol. The maximum atomic E-state index is 11.4. The molecule has 0 bridgehead atoms. The Kier molecular flexibility index (Phi) is 3.54. The number of phenols is 1. The van der Waals surface area contributed by atoms with Crippen molar-refractivity contribution in [2.75, 3.05) is 6.26 Å². The molecule has 1 aliphatic rings. The average molecular weight is 282 g/mol. The first kappa shape index (κ1) is 14.6. The highest BCUT2D eigenvalue weighted by Gasteiger charge is 2.51. The van der Waals surface area contributed by atoms with Gasteiger partial charge in [0.1, 0.15) is 5.75 Å². The van der Waals surface area contributed by atoms with Gasteiger partial charge in [-0.15, -0.1) is 0 Å². The SMILES string of the molecule is CS(=O)c1ccc(B2OC(C)(C)C(C)(C)O2)cc1O. The molecule has 1 unspecified atom stereocenters. The molecule has 0 saturated carbocycles. The fourth-order valence-electron chi connectivity index (χ4n) is 1.90. The van der Waals surface area contributed by atoms with Crippen LogP contribution in [0.25, 0.3) is 0 Å². The van der Waals surface area contributed by atoms with Crippen LogP contribution >= 0.6 is 0 Å². The zero-order valence-electron chi connectivity index (χ0n) is 11.9. The second kappa shape index (κ2) is 4.61. The fraction of sp³-hybridized carbons (Fsp3) is 0.538. The molecule has 2 rings (SSSR count). The first-order chi connectivity index (χ1) is 8.64. The van der Waals surface area contributed by atoms with Gasteiger partial charge in [0.15, 0.2) is 0 Å². The molecule has 4 nitrogen and oxygen atoms in total. The van der Waals surface area contributed by atoms with Crippen molar-refractivity contribution >= 4 is 23.4 Å². The summed E-state index contributed by atoms with van der Waals surface area (Å²) in [6, 6.07) is 4.98. The van der Waals surface area contributed by atoms with Gasteiger partial charge in [0.2, 0.25) is 0 Å². The van der Waals surface area contributed by atoms with Crippen LogP contribution in [0.1, 0.15) is 27.7 Å². The van der Waals surface area contributed by atoms with Crippen molar-refractivity contribution in [3.63, 3.8) is 0 Å². The Bertz CT molecular complexity index is 511. The Hall–Kier alpha value is -0.845. The van der Waals surface area contributed by atoms with E-state index in [-0.39, 0.29) is 5.75 Å². The lowest BCUT2D eigenvalue weighted by Crippen LogP contribution is -2.41. The Morgan fingerprint density at radius 3 is 2.11 bits per heavy atom.